The number of likely N-dealkylation sites (tertiary alicyclic amines) is 1. The number of nitrogens with one attached hydrogen (secondary N) is 1. The van der Waals surface area contributed by atoms with Crippen LogP contribution in [0, 0.1) is 17.8 Å². The zero-order valence-electron chi connectivity index (χ0n) is 24.5. The molecular weight excluding hydrogens is 462 g/mol. The Bertz CT molecular complexity index is 749. The molecule has 2 saturated heterocycles. The first-order valence-electron chi connectivity index (χ1n) is 15.0. The first-order chi connectivity index (χ1) is 18.0. The molecule has 0 bridgehead atoms. The van der Waals surface area contributed by atoms with E-state index >= 15 is 0 Å². The van der Waals surface area contributed by atoms with Crippen molar-refractivity contribution in [2.75, 3.05) is 78.1 Å². The predicted octanol–water partition coefficient (Wildman–Crippen LogP) is 5.56. The van der Waals surface area contributed by atoms with Gasteiger partial charge in [0.1, 0.15) is 12.4 Å². The van der Waals surface area contributed by atoms with E-state index in [9.17, 15) is 0 Å². The number of ether oxygens (including phenoxy) is 3. The topological polar surface area (TPSA) is 46.2 Å². The smallest absolute Gasteiger partial charge is 0.142 e. The lowest BCUT2D eigenvalue weighted by Gasteiger charge is -2.36. The van der Waals surface area contributed by atoms with Gasteiger partial charge in [-0.25, -0.2) is 0 Å². The number of hydrogen-bond donors (Lipinski definition) is 1. The average Bonchev–Trinajstić information content (AvgIpc) is 2.92. The van der Waals surface area contributed by atoms with Crippen LogP contribution in [0.2, 0.25) is 0 Å². The predicted molar refractivity (Wildman–Crippen MR) is 155 cm³/mol. The molecule has 0 amide bonds. The monoisotopic (exact) mass is 517 g/mol. The third-order valence-corrected chi connectivity index (χ3v) is 8.41. The second-order valence-electron chi connectivity index (χ2n) is 11.8. The Labute approximate surface area is 227 Å². The van der Waals surface area contributed by atoms with Crippen LogP contribution in [0.25, 0.3) is 0 Å². The minimum Gasteiger partial charge on any atom is -0.489 e. The highest BCUT2D eigenvalue weighted by Crippen LogP contribution is 2.29. The maximum atomic E-state index is 6.18. The van der Waals surface area contributed by atoms with Crippen LogP contribution >= 0.6 is 0 Å². The van der Waals surface area contributed by atoms with Gasteiger partial charge in [0, 0.05) is 39.3 Å². The van der Waals surface area contributed by atoms with E-state index in [4.69, 9.17) is 14.2 Å². The van der Waals surface area contributed by atoms with Crippen LogP contribution < -0.4 is 10.1 Å². The quantitative estimate of drug-likeness (QED) is 0.290. The standard InChI is InChI=1S/C31H55N3O3/c1-25(9-10-26(2)24-33-15-17-36-18-16-33)23-32-30-12-11-29(22-31(30)37-20-19-35-5)21-27(3)28(4)34-13-7-6-8-14-34/h11-12,22,25-28,32H,6-10,13-21,23-24H2,1-5H3. The number of hydrogen-bond acceptors (Lipinski definition) is 6. The summed E-state index contributed by atoms with van der Waals surface area (Å²) in [4.78, 5) is 5.24. The molecule has 4 atom stereocenters. The molecule has 2 aliphatic heterocycles. The van der Waals surface area contributed by atoms with Crippen molar-refractivity contribution < 1.29 is 14.2 Å². The van der Waals surface area contributed by atoms with E-state index in [1.807, 2.05) is 0 Å². The number of nitrogens with zero attached hydrogens (tertiary/aromatic N) is 2. The maximum Gasteiger partial charge on any atom is 0.142 e. The Morgan fingerprint density at radius 2 is 1.65 bits per heavy atom. The minimum atomic E-state index is 0.572. The summed E-state index contributed by atoms with van der Waals surface area (Å²) in [5.74, 6) is 2.91. The number of morpholine rings is 1. The molecule has 2 heterocycles. The fourth-order valence-corrected chi connectivity index (χ4v) is 5.69. The van der Waals surface area contributed by atoms with E-state index in [0.29, 0.717) is 31.1 Å². The first-order valence-corrected chi connectivity index (χ1v) is 15.0. The lowest BCUT2D eigenvalue weighted by molar-refractivity contribution is 0.0309. The van der Waals surface area contributed by atoms with Crippen molar-refractivity contribution in [3.05, 3.63) is 23.8 Å². The molecule has 3 rings (SSSR count). The fraction of sp³-hybridized carbons (Fsp3) is 0.806. The molecule has 0 radical (unpaired) electrons. The van der Waals surface area contributed by atoms with E-state index in [1.165, 1.54) is 57.3 Å². The highest BCUT2D eigenvalue weighted by Gasteiger charge is 2.22. The van der Waals surface area contributed by atoms with Crippen LogP contribution in [0.4, 0.5) is 5.69 Å². The van der Waals surface area contributed by atoms with E-state index in [1.54, 1.807) is 7.11 Å². The van der Waals surface area contributed by atoms with Crippen molar-refractivity contribution in [1.82, 2.24) is 9.80 Å². The van der Waals surface area contributed by atoms with Gasteiger partial charge in [-0.1, -0.05) is 33.3 Å². The van der Waals surface area contributed by atoms with Crippen LogP contribution in [0.5, 0.6) is 5.75 Å². The van der Waals surface area contributed by atoms with Gasteiger partial charge in [0.05, 0.1) is 25.5 Å². The first kappa shape index (κ1) is 30.2. The van der Waals surface area contributed by atoms with Crippen molar-refractivity contribution in [1.29, 1.82) is 0 Å². The van der Waals surface area contributed by atoms with Gasteiger partial charge in [-0.3, -0.25) is 4.90 Å². The number of rotatable bonds is 16. The van der Waals surface area contributed by atoms with E-state index in [-0.39, 0.29) is 0 Å². The Hall–Kier alpha value is -1.34. The number of piperidine rings is 1. The van der Waals surface area contributed by atoms with Gasteiger partial charge in [0.2, 0.25) is 0 Å². The lowest BCUT2D eigenvalue weighted by atomic mass is 9.92. The van der Waals surface area contributed by atoms with Crippen molar-refractivity contribution in [2.45, 2.75) is 72.3 Å². The zero-order chi connectivity index (χ0) is 26.5. The largest absolute Gasteiger partial charge is 0.489 e. The summed E-state index contributed by atoms with van der Waals surface area (Å²) < 4.78 is 16.9. The molecule has 0 aromatic heterocycles. The molecule has 0 spiro atoms. The highest BCUT2D eigenvalue weighted by molar-refractivity contribution is 5.58. The molecule has 0 saturated carbocycles. The van der Waals surface area contributed by atoms with Gasteiger partial charge < -0.3 is 24.4 Å². The summed E-state index contributed by atoms with van der Waals surface area (Å²) in [5, 5.41) is 3.70. The lowest BCUT2D eigenvalue weighted by Crippen LogP contribution is -2.41. The zero-order valence-corrected chi connectivity index (χ0v) is 24.5. The Balaban J connectivity index is 1.49. The van der Waals surface area contributed by atoms with E-state index < -0.39 is 0 Å². The van der Waals surface area contributed by atoms with Crippen LogP contribution in [-0.4, -0.2) is 88.6 Å². The summed E-state index contributed by atoms with van der Waals surface area (Å²) in [6.07, 6.45) is 7.67. The van der Waals surface area contributed by atoms with Crippen molar-refractivity contribution in [2.24, 2.45) is 17.8 Å². The van der Waals surface area contributed by atoms with Gasteiger partial charge in [0.25, 0.3) is 0 Å². The molecule has 0 aliphatic carbocycles. The maximum absolute atomic E-state index is 6.18. The van der Waals surface area contributed by atoms with Gasteiger partial charge in [-0.2, -0.15) is 0 Å². The van der Waals surface area contributed by atoms with Crippen LogP contribution in [-0.2, 0) is 15.9 Å². The van der Waals surface area contributed by atoms with Gasteiger partial charge in [0.15, 0.2) is 0 Å². The fourth-order valence-electron chi connectivity index (χ4n) is 5.69. The van der Waals surface area contributed by atoms with Crippen LogP contribution in [0.15, 0.2) is 18.2 Å². The van der Waals surface area contributed by atoms with Gasteiger partial charge >= 0.3 is 0 Å². The summed E-state index contributed by atoms with van der Waals surface area (Å²) in [6, 6.07) is 7.39. The summed E-state index contributed by atoms with van der Waals surface area (Å²) >= 11 is 0. The van der Waals surface area contributed by atoms with Gasteiger partial charge in [-0.15, -0.1) is 0 Å². The van der Waals surface area contributed by atoms with Crippen molar-refractivity contribution >= 4 is 5.69 Å². The molecule has 6 nitrogen and oxygen atoms in total. The third kappa shape index (κ3) is 10.7. The summed E-state index contributed by atoms with van der Waals surface area (Å²) in [6.45, 7) is 19.3. The summed E-state index contributed by atoms with van der Waals surface area (Å²) in [5.41, 5.74) is 2.46. The number of benzene rings is 1. The molecule has 1 aromatic rings. The normalized spacial score (nSPS) is 20.8. The molecule has 212 valence electrons. The second-order valence-corrected chi connectivity index (χ2v) is 11.8. The minimum absolute atomic E-state index is 0.572. The molecule has 6 heteroatoms. The third-order valence-electron chi connectivity index (χ3n) is 8.41. The van der Waals surface area contributed by atoms with E-state index in [2.05, 4.69) is 61.0 Å². The second kappa shape index (κ2) is 16.6. The molecule has 4 unspecified atom stereocenters. The molecular formula is C31H55N3O3. The molecule has 37 heavy (non-hydrogen) atoms. The summed E-state index contributed by atoms with van der Waals surface area (Å²) in [7, 11) is 1.73. The molecule has 2 aliphatic rings. The Kier molecular flexibility index (Phi) is 13.5. The number of anilines is 1. The van der Waals surface area contributed by atoms with Crippen LogP contribution in [0.3, 0.4) is 0 Å². The van der Waals surface area contributed by atoms with E-state index in [0.717, 1.165) is 56.6 Å². The molecule has 1 aromatic carbocycles. The van der Waals surface area contributed by atoms with Crippen LogP contribution in [0.1, 0.15) is 65.4 Å². The Morgan fingerprint density at radius 1 is 0.919 bits per heavy atom. The number of methoxy groups -OCH3 is 1. The highest BCUT2D eigenvalue weighted by atomic mass is 16.5. The molecule has 2 fully saturated rings. The average molecular weight is 518 g/mol. The Morgan fingerprint density at radius 3 is 2.38 bits per heavy atom. The van der Waals surface area contributed by atoms with Crippen molar-refractivity contribution in [3.63, 3.8) is 0 Å². The molecule has 1 N–H and O–H groups in total. The SMILES string of the molecule is COCCOc1cc(CC(C)C(C)N2CCCCC2)ccc1NCC(C)CCC(C)CN1CCOCC1. The van der Waals surface area contributed by atoms with Crippen molar-refractivity contribution in [3.8, 4) is 5.75 Å². The van der Waals surface area contributed by atoms with Gasteiger partial charge in [-0.05, 0) is 87.6 Å².